The van der Waals surface area contributed by atoms with E-state index in [2.05, 4.69) is 43.4 Å². The van der Waals surface area contributed by atoms with Gasteiger partial charge in [0.25, 0.3) is 0 Å². The summed E-state index contributed by atoms with van der Waals surface area (Å²) in [5.74, 6) is 0. The molecular weight excluding hydrogens is 151 g/mol. The molecule has 0 N–H and O–H groups in total. The predicted molar refractivity (Wildman–Crippen MR) is 50.7 cm³/mol. The first-order valence-corrected chi connectivity index (χ1v) is 9.24. The summed E-state index contributed by atoms with van der Waals surface area (Å²) in [7, 11) is -0.314. The molecule has 0 aliphatic heterocycles. The fourth-order valence-corrected chi connectivity index (χ4v) is 5.14. The Morgan fingerprint density at radius 2 is 1.70 bits per heavy atom. The highest BCUT2D eigenvalue weighted by Gasteiger charge is 1.99. The molecule has 0 amide bonds. The molecule has 1 radical (unpaired) electrons. The lowest BCUT2D eigenvalue weighted by molar-refractivity contribution is 1.77. The van der Waals surface area contributed by atoms with Gasteiger partial charge in [0.2, 0.25) is 14.6 Å². The van der Waals surface area contributed by atoms with Gasteiger partial charge in [0.05, 0.1) is 0 Å². The average Bonchev–Trinajstić information content (AvgIpc) is 1.88. The van der Waals surface area contributed by atoms with Crippen molar-refractivity contribution in [2.45, 2.75) is 13.1 Å². The monoisotopic (exact) mass is 163 g/mol. The van der Waals surface area contributed by atoms with E-state index in [9.17, 15) is 0 Å². The van der Waals surface area contributed by atoms with Crippen LogP contribution in [-0.4, -0.2) is 21.9 Å². The van der Waals surface area contributed by atoms with E-state index < -0.39 is 0 Å². The van der Waals surface area contributed by atoms with Crippen molar-refractivity contribution in [3.05, 3.63) is 30.3 Å². The van der Waals surface area contributed by atoms with Crippen molar-refractivity contribution in [3.8, 4) is 0 Å². The molecule has 1 rings (SSSR count). The van der Waals surface area contributed by atoms with Crippen LogP contribution >= 0.6 is 0 Å². The van der Waals surface area contributed by atoms with Crippen LogP contribution in [0, 0.1) is 0 Å². The quantitative estimate of drug-likeness (QED) is 0.571. The minimum Gasteiger partial charge on any atom is -0.128 e. The fraction of sp³-hybridized carbons (Fsp3) is 0.250. The Morgan fingerprint density at radius 3 is 2.20 bits per heavy atom. The van der Waals surface area contributed by atoms with Gasteiger partial charge < -0.3 is 0 Å². The normalized spacial score (nSPS) is 9.90. The summed E-state index contributed by atoms with van der Waals surface area (Å²) < 4.78 is 1.59. The average molecular weight is 163 g/mol. The van der Waals surface area contributed by atoms with Crippen LogP contribution in [0.5, 0.6) is 0 Å². The van der Waals surface area contributed by atoms with Crippen molar-refractivity contribution in [2.24, 2.45) is 0 Å². The molecule has 0 saturated carbocycles. The number of hydrogen-bond donors (Lipinski definition) is 0. The van der Waals surface area contributed by atoms with Crippen LogP contribution in [0.15, 0.2) is 30.3 Å². The van der Waals surface area contributed by atoms with Crippen LogP contribution in [0.4, 0.5) is 0 Å². The second-order valence-corrected chi connectivity index (χ2v) is 11.3. The van der Waals surface area contributed by atoms with E-state index in [1.165, 1.54) is 0 Å². The van der Waals surface area contributed by atoms with Gasteiger partial charge in [0.15, 0.2) is 0 Å². The van der Waals surface area contributed by atoms with E-state index in [-0.39, 0.29) is 7.36 Å². The molecule has 0 nitrogen and oxygen atoms in total. The van der Waals surface area contributed by atoms with Crippen molar-refractivity contribution >= 4 is 26.4 Å². The third-order valence-electron chi connectivity index (χ3n) is 1.33. The Balaban J connectivity index is 2.59. The molecule has 0 aliphatic carbocycles. The summed E-state index contributed by atoms with van der Waals surface area (Å²) in [6.45, 7) is 4.84. The molecule has 0 bridgehead atoms. The van der Waals surface area contributed by atoms with Gasteiger partial charge in [-0.3, -0.25) is 0 Å². The van der Waals surface area contributed by atoms with Crippen molar-refractivity contribution in [1.29, 1.82) is 0 Å². The van der Waals surface area contributed by atoms with E-state index in [4.69, 9.17) is 0 Å². The Hall–Kier alpha value is -0.0306. The molecule has 0 unspecified atom stereocenters. The third kappa shape index (κ3) is 2.70. The van der Waals surface area contributed by atoms with Crippen molar-refractivity contribution in [2.75, 3.05) is 0 Å². The Labute approximate surface area is 70.0 Å². The second-order valence-electron chi connectivity index (χ2n) is 2.82. The standard InChI is InChI=1S/C6H5.C2H7Si.Al/c1-2-4-6-5-3-1;1-3-2;/h1-5H;3H,1-2H3;. The third-order valence-corrected chi connectivity index (χ3v) is 5.92. The highest BCUT2D eigenvalue weighted by Crippen LogP contribution is 1.83. The molecule has 0 aliphatic rings. The first-order chi connectivity index (χ1) is 4.79. The summed E-state index contributed by atoms with van der Waals surface area (Å²) in [4.78, 5) is 0. The van der Waals surface area contributed by atoms with E-state index in [0.29, 0.717) is 14.6 Å². The lowest BCUT2D eigenvalue weighted by Gasteiger charge is -1.99. The lowest BCUT2D eigenvalue weighted by atomic mass is 10.4. The van der Waals surface area contributed by atoms with Crippen LogP contribution in [0.1, 0.15) is 0 Å². The zero-order chi connectivity index (χ0) is 7.40. The maximum absolute atomic E-state index is 2.42. The van der Waals surface area contributed by atoms with E-state index in [0.717, 1.165) is 0 Å². The van der Waals surface area contributed by atoms with Crippen LogP contribution in [0.3, 0.4) is 0 Å². The first-order valence-electron chi connectivity index (χ1n) is 3.69. The highest BCUT2D eigenvalue weighted by atomic mass is 28.8. The molecule has 51 valence electrons. The second kappa shape index (κ2) is 3.98. The molecule has 0 spiro atoms. The van der Waals surface area contributed by atoms with Crippen molar-refractivity contribution < 1.29 is 0 Å². The summed E-state index contributed by atoms with van der Waals surface area (Å²) >= 11 is 0.631. The zero-order valence-corrected chi connectivity index (χ0v) is 8.85. The van der Waals surface area contributed by atoms with Crippen LogP contribution < -0.4 is 4.43 Å². The van der Waals surface area contributed by atoms with Gasteiger partial charge in [0, 0.05) is 0 Å². The highest BCUT2D eigenvalue weighted by molar-refractivity contribution is 7.16. The van der Waals surface area contributed by atoms with Crippen molar-refractivity contribution in [3.63, 3.8) is 0 Å². The van der Waals surface area contributed by atoms with Crippen LogP contribution in [-0.2, 0) is 0 Å². The topological polar surface area (TPSA) is 0 Å². The molecule has 0 atom stereocenters. The summed E-state index contributed by atoms with van der Waals surface area (Å²) in [5.41, 5.74) is 0. The summed E-state index contributed by atoms with van der Waals surface area (Å²) in [6, 6.07) is 10.9. The molecule has 10 heavy (non-hydrogen) atoms. The van der Waals surface area contributed by atoms with Crippen LogP contribution in [0.25, 0.3) is 0 Å². The first kappa shape index (κ1) is 8.07. The predicted octanol–water partition coefficient (Wildman–Crippen LogP) is 0.999. The van der Waals surface area contributed by atoms with Gasteiger partial charge in [0.1, 0.15) is 0 Å². The van der Waals surface area contributed by atoms with Gasteiger partial charge in [-0.05, 0) is 7.36 Å². The van der Waals surface area contributed by atoms with Gasteiger partial charge >= 0.3 is 0 Å². The molecule has 1 aromatic rings. The molecule has 0 saturated heterocycles. The molecular formula is C8H12AlSi. The largest absolute Gasteiger partial charge is 0.238 e. The van der Waals surface area contributed by atoms with E-state index in [1.54, 1.807) is 4.43 Å². The maximum atomic E-state index is 2.42. The molecule has 0 fully saturated rings. The van der Waals surface area contributed by atoms with Gasteiger partial charge in [-0.25, -0.2) is 0 Å². The lowest BCUT2D eigenvalue weighted by Crippen LogP contribution is -2.26. The molecule has 1 aromatic carbocycles. The Bertz CT molecular complexity index is 184. The van der Waals surface area contributed by atoms with E-state index >= 15 is 0 Å². The SMILES string of the molecule is C[SiH](C)[Al][c]1ccccc1. The Kier molecular flexibility index (Phi) is 3.21. The smallest absolute Gasteiger partial charge is 0.128 e. The summed E-state index contributed by atoms with van der Waals surface area (Å²) in [5, 5.41) is 0. The molecule has 0 heterocycles. The summed E-state index contributed by atoms with van der Waals surface area (Å²) in [6.07, 6.45) is 0. The number of benzene rings is 1. The van der Waals surface area contributed by atoms with Crippen LogP contribution in [0.2, 0.25) is 13.1 Å². The minimum atomic E-state index is -0.314. The molecule has 0 aromatic heterocycles. The fourth-order valence-electron chi connectivity index (χ4n) is 0.949. The number of hydrogen-bond acceptors (Lipinski definition) is 0. The number of rotatable bonds is 2. The Morgan fingerprint density at radius 1 is 1.10 bits per heavy atom. The maximum Gasteiger partial charge on any atom is 0.238 e. The zero-order valence-electron chi connectivity index (χ0n) is 6.54. The van der Waals surface area contributed by atoms with Crippen molar-refractivity contribution in [1.82, 2.24) is 0 Å². The van der Waals surface area contributed by atoms with E-state index in [1.807, 2.05) is 0 Å². The van der Waals surface area contributed by atoms with Gasteiger partial charge in [-0.1, -0.05) is 43.4 Å². The van der Waals surface area contributed by atoms with Gasteiger partial charge in [-0.15, -0.1) is 4.43 Å². The minimum absolute atomic E-state index is 0.314. The van der Waals surface area contributed by atoms with Gasteiger partial charge in [-0.2, -0.15) is 0 Å². The molecule has 2 heteroatoms.